The molecule has 0 aliphatic carbocycles. The van der Waals surface area contributed by atoms with E-state index >= 15 is 0 Å². The monoisotopic (exact) mass is 298 g/mol. The molecule has 0 saturated carbocycles. The fourth-order valence-electron chi connectivity index (χ4n) is 0.998. The standard InChI is InChI=1S/C8H7F2NO7S/c9-8(10,19(15,16)17)4-18-7(14)3-11-5(12)1-2-6(11)13/h1-2H,3-4H2,(H,15,16,17)/p-1. The second-order valence-electron chi connectivity index (χ2n) is 3.35. The summed E-state index contributed by atoms with van der Waals surface area (Å²) >= 11 is 0. The van der Waals surface area contributed by atoms with E-state index in [0.717, 1.165) is 12.2 Å². The molecule has 0 unspecified atom stereocenters. The van der Waals surface area contributed by atoms with Gasteiger partial charge in [-0.05, 0) is 0 Å². The fraction of sp³-hybridized carbons (Fsp3) is 0.375. The number of hydrogen-bond acceptors (Lipinski definition) is 7. The molecule has 8 nitrogen and oxygen atoms in total. The van der Waals surface area contributed by atoms with Crippen LogP contribution in [0.4, 0.5) is 8.78 Å². The first-order valence-electron chi connectivity index (χ1n) is 4.57. The van der Waals surface area contributed by atoms with Crippen LogP contribution in [0.2, 0.25) is 0 Å². The first kappa shape index (κ1) is 15.2. The molecule has 0 spiro atoms. The van der Waals surface area contributed by atoms with Crippen molar-refractivity contribution >= 4 is 27.9 Å². The lowest BCUT2D eigenvalue weighted by Crippen LogP contribution is -2.39. The van der Waals surface area contributed by atoms with Crippen LogP contribution in [-0.2, 0) is 29.2 Å². The first-order chi connectivity index (χ1) is 8.54. The number of carbonyl (C=O) groups excluding carboxylic acids is 3. The van der Waals surface area contributed by atoms with Crippen LogP contribution < -0.4 is 0 Å². The quantitative estimate of drug-likeness (QED) is 0.347. The zero-order valence-electron chi connectivity index (χ0n) is 9.04. The molecule has 0 N–H and O–H groups in total. The largest absolute Gasteiger partial charge is 0.743 e. The normalized spacial score (nSPS) is 16.1. The summed E-state index contributed by atoms with van der Waals surface area (Å²) in [7, 11) is -5.97. The molecule has 1 aliphatic heterocycles. The molecule has 0 saturated heterocycles. The van der Waals surface area contributed by atoms with Crippen molar-refractivity contribution in [2.24, 2.45) is 0 Å². The van der Waals surface area contributed by atoms with Crippen molar-refractivity contribution < 1.29 is 40.9 Å². The smallest absolute Gasteiger partial charge is 0.367 e. The molecular weight excluding hydrogens is 292 g/mol. The number of halogens is 2. The summed E-state index contributed by atoms with van der Waals surface area (Å²) < 4.78 is 59.4. The zero-order chi connectivity index (χ0) is 14.8. The van der Waals surface area contributed by atoms with Crippen LogP contribution in [0.5, 0.6) is 0 Å². The summed E-state index contributed by atoms with van der Waals surface area (Å²) in [5.74, 6) is -3.14. The highest BCUT2D eigenvalue weighted by atomic mass is 32.2. The van der Waals surface area contributed by atoms with E-state index in [4.69, 9.17) is 0 Å². The molecule has 1 aliphatic rings. The van der Waals surface area contributed by atoms with Crippen molar-refractivity contribution in [1.29, 1.82) is 0 Å². The summed E-state index contributed by atoms with van der Waals surface area (Å²) in [6.45, 7) is -2.94. The van der Waals surface area contributed by atoms with Crippen molar-refractivity contribution in [2.75, 3.05) is 13.2 Å². The molecule has 106 valence electrons. The van der Waals surface area contributed by atoms with E-state index < -0.39 is 46.3 Å². The second kappa shape index (κ2) is 5.01. The van der Waals surface area contributed by atoms with Crippen LogP contribution in [0.3, 0.4) is 0 Å². The maximum atomic E-state index is 12.6. The van der Waals surface area contributed by atoms with E-state index in [1.807, 2.05) is 0 Å². The molecule has 11 heteroatoms. The minimum absolute atomic E-state index is 0.395. The predicted octanol–water partition coefficient (Wildman–Crippen LogP) is -1.41. The average Bonchev–Trinajstić information content (AvgIpc) is 2.57. The van der Waals surface area contributed by atoms with Gasteiger partial charge in [0, 0.05) is 12.2 Å². The van der Waals surface area contributed by atoms with E-state index in [9.17, 15) is 36.1 Å². The van der Waals surface area contributed by atoms with Gasteiger partial charge in [0.05, 0.1) is 0 Å². The molecule has 0 radical (unpaired) electrons. The minimum Gasteiger partial charge on any atom is -0.743 e. The van der Waals surface area contributed by atoms with Gasteiger partial charge in [-0.3, -0.25) is 19.3 Å². The summed E-state index contributed by atoms with van der Waals surface area (Å²) in [6.07, 6.45) is 1.71. The van der Waals surface area contributed by atoms with Crippen LogP contribution in [-0.4, -0.2) is 54.1 Å². The number of hydrogen-bond donors (Lipinski definition) is 0. The Labute approximate surface area is 105 Å². The third-order valence-corrected chi connectivity index (χ3v) is 2.80. The van der Waals surface area contributed by atoms with Gasteiger partial charge >= 0.3 is 11.2 Å². The molecule has 0 aromatic heterocycles. The van der Waals surface area contributed by atoms with E-state index in [1.54, 1.807) is 0 Å². The third kappa shape index (κ3) is 3.54. The Balaban J connectivity index is 2.54. The summed E-state index contributed by atoms with van der Waals surface area (Å²) in [6, 6.07) is 0. The lowest BCUT2D eigenvalue weighted by atomic mass is 10.5. The lowest BCUT2D eigenvalue weighted by molar-refractivity contribution is -0.155. The molecule has 0 atom stereocenters. The lowest BCUT2D eigenvalue weighted by Gasteiger charge is -2.20. The molecule has 19 heavy (non-hydrogen) atoms. The fourth-order valence-corrected chi connectivity index (χ4v) is 1.20. The van der Waals surface area contributed by atoms with Crippen molar-refractivity contribution in [3.63, 3.8) is 0 Å². The second-order valence-corrected chi connectivity index (χ2v) is 4.85. The molecule has 2 amide bonds. The maximum Gasteiger partial charge on any atom is 0.367 e. The number of imide groups is 1. The highest BCUT2D eigenvalue weighted by Gasteiger charge is 2.39. The number of esters is 1. The van der Waals surface area contributed by atoms with Gasteiger partial charge in [-0.1, -0.05) is 0 Å². The minimum atomic E-state index is -5.97. The van der Waals surface area contributed by atoms with E-state index in [-0.39, 0.29) is 0 Å². The molecule has 0 aromatic rings. The van der Waals surface area contributed by atoms with Gasteiger partial charge in [0.25, 0.3) is 11.8 Å². The van der Waals surface area contributed by atoms with Crippen LogP contribution >= 0.6 is 0 Å². The van der Waals surface area contributed by atoms with Crippen molar-refractivity contribution in [1.82, 2.24) is 4.90 Å². The summed E-state index contributed by atoms with van der Waals surface area (Å²) in [5.41, 5.74) is 0. The summed E-state index contributed by atoms with van der Waals surface area (Å²) in [4.78, 5) is 33.4. The molecule has 1 rings (SSSR count). The Morgan fingerprint density at radius 2 is 1.79 bits per heavy atom. The van der Waals surface area contributed by atoms with E-state index in [0.29, 0.717) is 4.90 Å². The van der Waals surface area contributed by atoms with Gasteiger partial charge in [0.2, 0.25) is 0 Å². The summed E-state index contributed by atoms with van der Waals surface area (Å²) in [5, 5.41) is -4.78. The van der Waals surface area contributed by atoms with Gasteiger partial charge in [-0.15, -0.1) is 0 Å². The van der Waals surface area contributed by atoms with Crippen molar-refractivity contribution in [3.05, 3.63) is 12.2 Å². The van der Waals surface area contributed by atoms with Crippen molar-refractivity contribution in [2.45, 2.75) is 5.25 Å². The SMILES string of the molecule is O=C(CN1C(=O)C=CC1=O)OCC(F)(F)S(=O)(=O)[O-]. The topological polar surface area (TPSA) is 121 Å². The molecule has 0 aromatic carbocycles. The highest BCUT2D eigenvalue weighted by Crippen LogP contribution is 2.20. The molecule has 1 heterocycles. The number of amides is 2. The zero-order valence-corrected chi connectivity index (χ0v) is 9.85. The van der Waals surface area contributed by atoms with Crippen LogP contribution in [0.15, 0.2) is 12.2 Å². The Hall–Kier alpha value is -1.88. The Morgan fingerprint density at radius 1 is 1.32 bits per heavy atom. The van der Waals surface area contributed by atoms with E-state index in [2.05, 4.69) is 4.74 Å². The van der Waals surface area contributed by atoms with Gasteiger partial charge in [-0.2, -0.15) is 8.78 Å². The van der Waals surface area contributed by atoms with Crippen LogP contribution in [0, 0.1) is 0 Å². The Kier molecular flexibility index (Phi) is 4.00. The Bertz CT molecular complexity index is 535. The highest BCUT2D eigenvalue weighted by molar-refractivity contribution is 7.86. The maximum absolute atomic E-state index is 12.6. The molecule has 0 fully saturated rings. The molecule has 0 bridgehead atoms. The van der Waals surface area contributed by atoms with Gasteiger partial charge < -0.3 is 9.29 Å². The first-order valence-corrected chi connectivity index (χ1v) is 5.98. The third-order valence-electron chi connectivity index (χ3n) is 1.95. The number of rotatable bonds is 5. The van der Waals surface area contributed by atoms with Gasteiger partial charge in [0.15, 0.2) is 16.7 Å². The Morgan fingerprint density at radius 3 is 2.21 bits per heavy atom. The predicted molar refractivity (Wildman–Crippen MR) is 51.5 cm³/mol. The van der Waals surface area contributed by atoms with Crippen LogP contribution in [0.1, 0.15) is 0 Å². The van der Waals surface area contributed by atoms with E-state index in [1.165, 1.54) is 0 Å². The van der Waals surface area contributed by atoms with Gasteiger partial charge in [0.1, 0.15) is 6.54 Å². The number of ether oxygens (including phenoxy) is 1. The van der Waals surface area contributed by atoms with Crippen molar-refractivity contribution in [3.8, 4) is 0 Å². The van der Waals surface area contributed by atoms with Crippen LogP contribution in [0.25, 0.3) is 0 Å². The number of carbonyl (C=O) groups is 3. The van der Waals surface area contributed by atoms with Gasteiger partial charge in [-0.25, -0.2) is 8.42 Å². The molecular formula is C8H6F2NO7S-. The average molecular weight is 298 g/mol. The number of alkyl halides is 2. The number of nitrogens with zero attached hydrogens (tertiary/aromatic N) is 1.